The van der Waals surface area contributed by atoms with Gasteiger partial charge in [0.2, 0.25) is 0 Å². The van der Waals surface area contributed by atoms with E-state index in [2.05, 4.69) is 0 Å². The molecule has 0 bridgehead atoms. The Bertz CT molecular complexity index is 904. The topological polar surface area (TPSA) is 49.7 Å². The zero-order chi connectivity index (χ0) is 28.2. The second-order valence-corrected chi connectivity index (χ2v) is 17.7. The van der Waals surface area contributed by atoms with E-state index in [1.54, 1.807) is 0 Å². The zero-order valence-electron chi connectivity index (χ0n) is 26.8. The van der Waals surface area contributed by atoms with E-state index in [9.17, 15) is 10.2 Å². The summed E-state index contributed by atoms with van der Waals surface area (Å²) in [5, 5.41) is 22.4. The molecule has 0 amide bonds. The summed E-state index contributed by atoms with van der Waals surface area (Å²) in [4.78, 5) is 0. The maximum atomic E-state index is 11.3. The van der Waals surface area contributed by atoms with E-state index < -0.39 is 0 Å². The highest BCUT2D eigenvalue weighted by atomic mass is 16.5. The van der Waals surface area contributed by atoms with Crippen molar-refractivity contribution in [2.45, 2.75) is 172 Å². The molecule has 1 aliphatic heterocycles. The molecule has 7 saturated carbocycles. The molecule has 16 atom stereocenters. The second kappa shape index (κ2) is 12.6. The fraction of sp³-hybridized carbons (Fsp3) is 1.00. The minimum absolute atomic E-state index is 0.123. The quantitative estimate of drug-likeness (QED) is 0.349. The third-order valence-corrected chi connectivity index (χ3v) is 15.8. The number of fused-ring (bicyclic) bond motifs is 7. The predicted octanol–water partition coefficient (Wildman–Crippen LogP) is 8.94. The van der Waals surface area contributed by atoms with Crippen molar-refractivity contribution in [2.24, 2.45) is 71.0 Å². The van der Waals surface area contributed by atoms with Crippen LogP contribution in [0, 0.1) is 71.0 Å². The van der Waals surface area contributed by atoms with Crippen molar-refractivity contribution < 1.29 is 14.9 Å². The zero-order valence-corrected chi connectivity index (χ0v) is 26.8. The SMILES string of the molecule is OC1CCC(CC2CC3CCCCC3C3CC4C(CCC5CCCCC54)OC23)CC1CC1C(O)CCC2CCCCC21. The summed E-state index contributed by atoms with van der Waals surface area (Å²) < 4.78 is 7.41. The summed E-state index contributed by atoms with van der Waals surface area (Å²) in [6, 6.07) is 0. The van der Waals surface area contributed by atoms with E-state index in [0.717, 1.165) is 78.4 Å². The first kappa shape index (κ1) is 29.3. The first-order chi connectivity index (χ1) is 20.6. The van der Waals surface area contributed by atoms with Gasteiger partial charge in [-0.25, -0.2) is 0 Å². The van der Waals surface area contributed by atoms with Crippen LogP contribution in [0.1, 0.15) is 148 Å². The number of aliphatic hydroxyl groups excluding tert-OH is 2. The van der Waals surface area contributed by atoms with Crippen LogP contribution in [0.15, 0.2) is 0 Å². The number of ether oxygens (including phenoxy) is 1. The van der Waals surface area contributed by atoms with Crippen LogP contribution in [0.4, 0.5) is 0 Å². The van der Waals surface area contributed by atoms with Gasteiger partial charge in [-0.3, -0.25) is 0 Å². The van der Waals surface area contributed by atoms with Crippen LogP contribution in [-0.4, -0.2) is 34.6 Å². The Morgan fingerprint density at radius 1 is 0.452 bits per heavy atom. The lowest BCUT2D eigenvalue weighted by molar-refractivity contribution is -0.211. The summed E-state index contributed by atoms with van der Waals surface area (Å²) in [6.07, 6.45) is 32.0. The van der Waals surface area contributed by atoms with E-state index in [0.29, 0.717) is 24.0 Å². The van der Waals surface area contributed by atoms with Crippen LogP contribution < -0.4 is 0 Å². The molecule has 3 heteroatoms. The van der Waals surface area contributed by atoms with Crippen molar-refractivity contribution in [3.8, 4) is 0 Å². The van der Waals surface area contributed by atoms with Crippen LogP contribution in [0.5, 0.6) is 0 Å². The molecule has 0 aromatic heterocycles. The van der Waals surface area contributed by atoms with Gasteiger partial charge < -0.3 is 14.9 Å². The van der Waals surface area contributed by atoms with E-state index in [4.69, 9.17) is 4.74 Å². The molecule has 8 aliphatic rings. The molecule has 42 heavy (non-hydrogen) atoms. The summed E-state index contributed by atoms with van der Waals surface area (Å²) >= 11 is 0. The van der Waals surface area contributed by atoms with Gasteiger partial charge >= 0.3 is 0 Å². The fourth-order valence-corrected chi connectivity index (χ4v) is 14.0. The predicted molar refractivity (Wildman–Crippen MR) is 169 cm³/mol. The fourth-order valence-electron chi connectivity index (χ4n) is 14.0. The molecule has 2 N–H and O–H groups in total. The molecule has 16 unspecified atom stereocenters. The Balaban J connectivity index is 0.964. The van der Waals surface area contributed by atoms with Gasteiger partial charge in [-0.15, -0.1) is 0 Å². The highest BCUT2D eigenvalue weighted by Crippen LogP contribution is 2.58. The average Bonchev–Trinajstić information content (AvgIpc) is 3.03. The minimum Gasteiger partial charge on any atom is -0.393 e. The molecule has 8 fully saturated rings. The first-order valence-electron chi connectivity index (χ1n) is 19.6. The van der Waals surface area contributed by atoms with E-state index in [-0.39, 0.29) is 12.2 Å². The molecule has 1 saturated heterocycles. The lowest BCUT2D eigenvalue weighted by atomic mass is 9.53. The van der Waals surface area contributed by atoms with Crippen LogP contribution >= 0.6 is 0 Å². The smallest absolute Gasteiger partial charge is 0.0638 e. The molecule has 238 valence electrons. The van der Waals surface area contributed by atoms with Gasteiger partial charge in [0.1, 0.15) is 0 Å². The van der Waals surface area contributed by atoms with Crippen LogP contribution in [0.25, 0.3) is 0 Å². The molecule has 0 aromatic rings. The molecular formula is C39H64O3. The van der Waals surface area contributed by atoms with Crippen molar-refractivity contribution in [1.29, 1.82) is 0 Å². The minimum atomic E-state index is -0.142. The number of hydrogen-bond donors (Lipinski definition) is 2. The first-order valence-corrected chi connectivity index (χ1v) is 19.6. The van der Waals surface area contributed by atoms with Crippen LogP contribution in [-0.2, 0) is 4.74 Å². The highest BCUT2D eigenvalue weighted by molar-refractivity contribution is 5.03. The van der Waals surface area contributed by atoms with Crippen molar-refractivity contribution >= 4 is 0 Å². The normalized spacial score (nSPS) is 54.4. The lowest BCUT2D eigenvalue weighted by Gasteiger charge is -2.58. The average molecular weight is 581 g/mol. The standard InChI is InChI=1S/C39H64O3/c40-36-16-13-24(19-28(36)22-33-30-10-4-1-7-25(30)14-17-37(33)41)20-29-21-27-9-3-6-12-32(27)35-23-34-31-11-5-2-8-26(31)15-18-38(34)42-39(29)35/h24-41H,1-23H2. The van der Waals surface area contributed by atoms with Crippen LogP contribution in [0.2, 0.25) is 0 Å². The Labute approximate surface area is 257 Å². The summed E-state index contributed by atoms with van der Waals surface area (Å²) in [5.41, 5.74) is 0. The van der Waals surface area contributed by atoms with Gasteiger partial charge in [-0.05, 0) is 161 Å². The van der Waals surface area contributed by atoms with Crippen molar-refractivity contribution in [1.82, 2.24) is 0 Å². The number of aliphatic hydroxyl groups is 2. The number of hydrogen-bond acceptors (Lipinski definition) is 3. The lowest BCUT2D eigenvalue weighted by Crippen LogP contribution is -2.56. The number of rotatable bonds is 4. The van der Waals surface area contributed by atoms with E-state index >= 15 is 0 Å². The van der Waals surface area contributed by atoms with Gasteiger partial charge in [0.05, 0.1) is 24.4 Å². The van der Waals surface area contributed by atoms with E-state index in [1.807, 2.05) is 0 Å². The molecule has 7 aliphatic carbocycles. The van der Waals surface area contributed by atoms with Crippen molar-refractivity contribution in [3.63, 3.8) is 0 Å². The molecule has 8 rings (SSSR count). The van der Waals surface area contributed by atoms with Crippen molar-refractivity contribution in [3.05, 3.63) is 0 Å². The summed E-state index contributed by atoms with van der Waals surface area (Å²) in [6.45, 7) is 0. The Hall–Kier alpha value is -0.120. The van der Waals surface area contributed by atoms with E-state index in [1.165, 1.54) is 128 Å². The maximum Gasteiger partial charge on any atom is 0.0638 e. The third kappa shape index (κ3) is 5.59. The Morgan fingerprint density at radius 3 is 1.90 bits per heavy atom. The van der Waals surface area contributed by atoms with Gasteiger partial charge in [0, 0.05) is 0 Å². The summed E-state index contributed by atoms with van der Waals surface area (Å²) in [7, 11) is 0. The van der Waals surface area contributed by atoms with Gasteiger partial charge in [0.25, 0.3) is 0 Å². The highest BCUT2D eigenvalue weighted by Gasteiger charge is 2.54. The van der Waals surface area contributed by atoms with Crippen molar-refractivity contribution in [2.75, 3.05) is 0 Å². The molecular weight excluding hydrogens is 516 g/mol. The molecule has 0 radical (unpaired) electrons. The largest absolute Gasteiger partial charge is 0.393 e. The molecule has 0 aromatic carbocycles. The monoisotopic (exact) mass is 580 g/mol. The Morgan fingerprint density at radius 2 is 1.10 bits per heavy atom. The summed E-state index contributed by atoms with van der Waals surface area (Å²) in [5.74, 6) is 9.52. The second-order valence-electron chi connectivity index (χ2n) is 17.7. The Kier molecular flexibility index (Phi) is 8.78. The third-order valence-electron chi connectivity index (χ3n) is 15.8. The maximum absolute atomic E-state index is 11.3. The molecule has 1 heterocycles. The molecule has 0 spiro atoms. The van der Waals surface area contributed by atoms with Gasteiger partial charge in [0.15, 0.2) is 0 Å². The van der Waals surface area contributed by atoms with Crippen LogP contribution in [0.3, 0.4) is 0 Å². The van der Waals surface area contributed by atoms with Gasteiger partial charge in [-0.1, -0.05) is 57.8 Å². The molecule has 3 nitrogen and oxygen atoms in total. The van der Waals surface area contributed by atoms with Gasteiger partial charge in [-0.2, -0.15) is 0 Å².